The first-order valence-corrected chi connectivity index (χ1v) is 3.57. The molecule has 0 aromatic rings. The van der Waals surface area contributed by atoms with Gasteiger partial charge in [-0.3, -0.25) is 0 Å². The van der Waals surface area contributed by atoms with E-state index in [2.05, 4.69) is 0 Å². The molecule has 0 bridgehead atoms. The topological polar surface area (TPSA) is 95.2 Å². The molecule has 0 aliphatic rings. The van der Waals surface area contributed by atoms with Gasteiger partial charge in [0.05, 0.1) is 12.1 Å². The minimum Gasteiger partial charge on any atom is -0.197 e. The molecule has 0 amide bonds. The van der Waals surface area contributed by atoms with Crippen LogP contribution < -0.4 is 0 Å². The highest BCUT2D eigenvalue weighted by molar-refractivity contribution is 5.44. The van der Waals surface area contributed by atoms with Crippen molar-refractivity contribution in [2.45, 2.75) is 13.3 Å². The van der Waals surface area contributed by atoms with Crippen LogP contribution in [0.2, 0.25) is 0 Å². The predicted molar refractivity (Wildman–Crippen MR) is 43.3 cm³/mol. The highest BCUT2D eigenvalue weighted by atomic mass is 14.4. The average molecular weight is 170 g/mol. The Hall–Kier alpha value is -2.30. The normalized spacial score (nSPS) is 7.54. The van der Waals surface area contributed by atoms with Crippen molar-refractivity contribution < 1.29 is 0 Å². The van der Waals surface area contributed by atoms with E-state index in [-0.39, 0.29) is 5.57 Å². The van der Waals surface area contributed by atoms with Crippen molar-refractivity contribution in [1.82, 2.24) is 0 Å². The van der Waals surface area contributed by atoms with E-state index in [9.17, 15) is 0 Å². The van der Waals surface area contributed by atoms with Crippen LogP contribution in [0.4, 0.5) is 0 Å². The van der Waals surface area contributed by atoms with E-state index in [1.54, 1.807) is 31.2 Å². The Morgan fingerprint density at radius 3 is 1.77 bits per heavy atom. The van der Waals surface area contributed by atoms with E-state index in [1.807, 2.05) is 0 Å². The van der Waals surface area contributed by atoms with Crippen LogP contribution in [0, 0.1) is 51.2 Å². The molecular formula is C9H6N4. The van der Waals surface area contributed by atoms with E-state index < -0.39 is 5.92 Å². The molecule has 0 spiro atoms. The van der Waals surface area contributed by atoms with Crippen LogP contribution in [0.1, 0.15) is 13.3 Å². The number of nitrogens with zero attached hydrogens (tertiary/aromatic N) is 4. The van der Waals surface area contributed by atoms with Gasteiger partial charge in [0.1, 0.15) is 17.7 Å². The zero-order valence-corrected chi connectivity index (χ0v) is 7.07. The molecular weight excluding hydrogens is 164 g/mol. The Morgan fingerprint density at radius 1 is 1.08 bits per heavy atom. The van der Waals surface area contributed by atoms with Crippen LogP contribution in [0.15, 0.2) is 11.1 Å². The summed E-state index contributed by atoms with van der Waals surface area (Å²) >= 11 is 0. The van der Waals surface area contributed by atoms with Crippen molar-refractivity contribution in [3.63, 3.8) is 0 Å². The van der Waals surface area contributed by atoms with E-state index in [0.717, 1.165) is 0 Å². The number of rotatable bonds is 2. The molecule has 62 valence electrons. The van der Waals surface area contributed by atoms with Crippen molar-refractivity contribution in [2.24, 2.45) is 5.92 Å². The van der Waals surface area contributed by atoms with Gasteiger partial charge >= 0.3 is 0 Å². The van der Waals surface area contributed by atoms with Crippen LogP contribution in [-0.4, -0.2) is 0 Å². The molecule has 0 rings (SSSR count). The van der Waals surface area contributed by atoms with E-state index >= 15 is 0 Å². The zero-order valence-electron chi connectivity index (χ0n) is 7.07. The highest BCUT2D eigenvalue weighted by Crippen LogP contribution is 2.17. The standard InChI is InChI=1S/C9H6N4/c1-2-9(7(3-10)4-11)8(5-12)6-13/h7H,2H2,1H3. The SMILES string of the molecule is CCC(=C(C#N)C#N)C(C#N)C#N. The molecule has 0 fully saturated rings. The third-order valence-corrected chi connectivity index (χ3v) is 1.53. The van der Waals surface area contributed by atoms with Crippen molar-refractivity contribution >= 4 is 0 Å². The average Bonchev–Trinajstić information content (AvgIpc) is 2.18. The molecule has 4 nitrogen and oxygen atoms in total. The minimum absolute atomic E-state index is 0.129. The van der Waals surface area contributed by atoms with Crippen molar-refractivity contribution in [2.75, 3.05) is 0 Å². The summed E-state index contributed by atoms with van der Waals surface area (Å²) in [4.78, 5) is 0. The molecule has 0 unspecified atom stereocenters. The van der Waals surface area contributed by atoms with Gasteiger partial charge in [-0.15, -0.1) is 0 Å². The maximum atomic E-state index is 8.54. The van der Waals surface area contributed by atoms with Gasteiger partial charge < -0.3 is 0 Å². The lowest BCUT2D eigenvalue weighted by Crippen LogP contribution is -2.00. The van der Waals surface area contributed by atoms with Crippen LogP contribution >= 0.6 is 0 Å². The predicted octanol–water partition coefficient (Wildman–Crippen LogP) is 1.40. The van der Waals surface area contributed by atoms with Crippen LogP contribution in [-0.2, 0) is 0 Å². The van der Waals surface area contributed by atoms with Gasteiger partial charge in [-0.2, -0.15) is 21.0 Å². The summed E-state index contributed by atoms with van der Waals surface area (Å²) in [6.07, 6.45) is 0.363. The summed E-state index contributed by atoms with van der Waals surface area (Å²) < 4.78 is 0. The van der Waals surface area contributed by atoms with Gasteiger partial charge in [-0.05, 0) is 12.0 Å². The Morgan fingerprint density at radius 2 is 1.54 bits per heavy atom. The Kier molecular flexibility index (Phi) is 4.41. The van der Waals surface area contributed by atoms with Gasteiger partial charge in [0, 0.05) is 0 Å². The molecule has 0 aromatic heterocycles. The lowest BCUT2D eigenvalue weighted by molar-refractivity contribution is 0.902. The second-order valence-electron chi connectivity index (χ2n) is 2.17. The molecule has 4 heteroatoms. The molecule has 0 N–H and O–H groups in total. The molecule has 0 aliphatic carbocycles. The fourth-order valence-electron chi connectivity index (χ4n) is 0.879. The van der Waals surface area contributed by atoms with Crippen LogP contribution in [0.5, 0.6) is 0 Å². The van der Waals surface area contributed by atoms with Gasteiger partial charge in [-0.25, -0.2) is 0 Å². The van der Waals surface area contributed by atoms with Gasteiger partial charge in [-0.1, -0.05) is 6.92 Å². The maximum Gasteiger partial charge on any atom is 0.156 e. The van der Waals surface area contributed by atoms with Crippen molar-refractivity contribution in [1.29, 1.82) is 21.0 Å². The summed E-state index contributed by atoms with van der Waals surface area (Å²) in [6.45, 7) is 1.70. The van der Waals surface area contributed by atoms with Gasteiger partial charge in [0.2, 0.25) is 0 Å². The second kappa shape index (κ2) is 5.36. The van der Waals surface area contributed by atoms with Crippen molar-refractivity contribution in [3.05, 3.63) is 11.1 Å². The third kappa shape index (κ3) is 2.33. The molecule has 0 aromatic carbocycles. The van der Waals surface area contributed by atoms with E-state index in [1.165, 1.54) is 0 Å². The Balaban J connectivity index is 5.30. The number of nitriles is 4. The number of allylic oxidation sites excluding steroid dienone is 2. The molecule has 0 aliphatic heterocycles. The Labute approximate surface area is 76.5 Å². The first-order valence-electron chi connectivity index (χ1n) is 3.57. The van der Waals surface area contributed by atoms with E-state index in [0.29, 0.717) is 12.0 Å². The smallest absolute Gasteiger partial charge is 0.156 e. The first kappa shape index (κ1) is 10.7. The summed E-state index contributed by atoms with van der Waals surface area (Å²) in [5.74, 6) is -0.987. The molecule has 0 saturated heterocycles. The number of hydrogen-bond acceptors (Lipinski definition) is 4. The van der Waals surface area contributed by atoms with Crippen LogP contribution in [0.3, 0.4) is 0 Å². The molecule has 0 atom stereocenters. The molecule has 13 heavy (non-hydrogen) atoms. The Bertz CT molecular complexity index is 348. The molecule has 0 heterocycles. The summed E-state index contributed by atoms with van der Waals surface area (Å²) in [7, 11) is 0. The minimum atomic E-state index is -0.987. The maximum absolute atomic E-state index is 8.54. The van der Waals surface area contributed by atoms with Crippen LogP contribution in [0.25, 0.3) is 0 Å². The largest absolute Gasteiger partial charge is 0.197 e. The highest BCUT2D eigenvalue weighted by Gasteiger charge is 2.15. The fourth-order valence-corrected chi connectivity index (χ4v) is 0.879. The van der Waals surface area contributed by atoms with Crippen molar-refractivity contribution in [3.8, 4) is 24.3 Å². The summed E-state index contributed by atoms with van der Waals surface area (Å²) in [5.41, 5.74) is 0.172. The third-order valence-electron chi connectivity index (χ3n) is 1.53. The lowest BCUT2D eigenvalue weighted by atomic mass is 9.95. The number of hydrogen-bond donors (Lipinski definition) is 0. The van der Waals surface area contributed by atoms with Gasteiger partial charge in [0.15, 0.2) is 5.92 Å². The quantitative estimate of drug-likeness (QED) is 0.585. The second-order valence-corrected chi connectivity index (χ2v) is 2.17. The van der Waals surface area contributed by atoms with Gasteiger partial charge in [0.25, 0.3) is 0 Å². The zero-order chi connectivity index (χ0) is 10.3. The summed E-state index contributed by atoms with van der Waals surface area (Å²) in [6, 6.07) is 6.80. The molecule has 0 radical (unpaired) electrons. The van der Waals surface area contributed by atoms with E-state index in [4.69, 9.17) is 21.0 Å². The lowest BCUT2D eigenvalue weighted by Gasteiger charge is -2.02. The fraction of sp³-hybridized carbons (Fsp3) is 0.333. The first-order chi connectivity index (χ1) is 6.24. The molecule has 0 saturated carbocycles. The monoisotopic (exact) mass is 170 g/mol. The summed E-state index contributed by atoms with van der Waals surface area (Å²) in [5, 5.41) is 34.1.